The highest BCUT2D eigenvalue weighted by Gasteiger charge is 2.65. The van der Waals surface area contributed by atoms with Crippen LogP contribution in [0.1, 0.15) is 30.4 Å². The Kier molecular flexibility index (Phi) is 3.52. The Morgan fingerprint density at radius 1 is 1.44 bits per heavy atom. The first kappa shape index (κ1) is 16.6. The number of aliphatic carboxylic acids is 1. The van der Waals surface area contributed by atoms with Crippen molar-refractivity contribution in [3.05, 3.63) is 29.3 Å². The van der Waals surface area contributed by atoms with Crippen LogP contribution in [0.5, 0.6) is 0 Å². The molecule has 1 heterocycles. The zero-order chi connectivity index (χ0) is 18.0. The average molecular weight is 368 g/mol. The molecule has 2 saturated carbocycles. The second kappa shape index (κ2) is 5.31. The number of nitrogens with zero attached hydrogens (tertiary/aromatic N) is 2. The van der Waals surface area contributed by atoms with E-state index in [1.807, 2.05) is 0 Å². The number of anilines is 1. The van der Waals surface area contributed by atoms with Crippen molar-refractivity contribution in [1.82, 2.24) is 0 Å². The highest BCUT2D eigenvalue weighted by atomic mass is 32.2. The summed E-state index contributed by atoms with van der Waals surface area (Å²) in [5.41, 5.74) is -1.87. The molecule has 2 bridgehead atoms. The highest BCUT2D eigenvalue weighted by Crippen LogP contribution is 2.65. The predicted octanol–water partition coefficient (Wildman–Crippen LogP) is 3.91. The number of carboxylic acids is 1. The summed E-state index contributed by atoms with van der Waals surface area (Å²) in [5, 5.41) is 18.9. The van der Waals surface area contributed by atoms with E-state index in [2.05, 4.69) is 0 Å². The number of hydrogen-bond acceptors (Lipinski definition) is 4. The van der Waals surface area contributed by atoms with Gasteiger partial charge in [-0.25, -0.2) is 0 Å². The van der Waals surface area contributed by atoms with Gasteiger partial charge in [-0.2, -0.15) is 18.4 Å². The second-order valence-corrected chi connectivity index (χ2v) is 8.18. The van der Waals surface area contributed by atoms with Gasteiger partial charge in [0.15, 0.2) is 0 Å². The largest absolute Gasteiger partial charge is 0.481 e. The van der Waals surface area contributed by atoms with E-state index in [0.717, 1.165) is 12.5 Å². The molecule has 1 saturated heterocycles. The Balaban J connectivity index is 1.71. The molecule has 4 nitrogen and oxygen atoms in total. The number of hydrogen-bond donors (Lipinski definition) is 1. The van der Waals surface area contributed by atoms with E-state index in [1.165, 1.54) is 24.1 Å². The molecule has 1 aliphatic heterocycles. The first-order valence-electron chi connectivity index (χ1n) is 8.06. The van der Waals surface area contributed by atoms with Gasteiger partial charge in [-0.1, -0.05) is 6.07 Å². The van der Waals surface area contributed by atoms with Crippen molar-refractivity contribution < 1.29 is 23.1 Å². The Hall–Kier alpha value is -1.88. The van der Waals surface area contributed by atoms with Crippen molar-refractivity contribution in [3.63, 3.8) is 0 Å². The van der Waals surface area contributed by atoms with Gasteiger partial charge in [0.1, 0.15) is 6.07 Å². The summed E-state index contributed by atoms with van der Waals surface area (Å²) >= 11 is 1.31. The SMILES string of the molecule is N#Cc1c(N2C[C@@H]3C(S2)[C@]2(C(=O)O)CC[C@H]3C2)cccc1C(F)(F)F. The maximum absolute atomic E-state index is 13.2. The van der Waals surface area contributed by atoms with E-state index in [4.69, 9.17) is 0 Å². The van der Waals surface area contributed by atoms with Gasteiger partial charge < -0.3 is 9.41 Å². The average Bonchev–Trinajstić information content (AvgIpc) is 3.24. The van der Waals surface area contributed by atoms with Crippen LogP contribution in [0.25, 0.3) is 0 Å². The van der Waals surface area contributed by atoms with Crippen molar-refractivity contribution in [2.45, 2.75) is 30.7 Å². The van der Waals surface area contributed by atoms with Crippen LogP contribution < -0.4 is 4.31 Å². The molecule has 4 atom stereocenters. The molecule has 8 heteroatoms. The predicted molar refractivity (Wildman–Crippen MR) is 85.8 cm³/mol. The standard InChI is InChI=1S/C17H15F3N2O2S/c18-17(19,20)12-2-1-3-13(10(12)7-21)22-8-11-9-4-5-16(6-9,15(23)24)14(11)25-22/h1-3,9,11,14H,4-6,8H2,(H,23,24)/t9-,11-,14?,16-/m0/s1. The summed E-state index contributed by atoms with van der Waals surface area (Å²) in [6, 6.07) is 5.41. The Morgan fingerprint density at radius 3 is 2.84 bits per heavy atom. The van der Waals surface area contributed by atoms with E-state index in [0.29, 0.717) is 25.3 Å². The fourth-order valence-corrected chi connectivity index (χ4v) is 6.54. The van der Waals surface area contributed by atoms with Gasteiger partial charge in [0.25, 0.3) is 0 Å². The molecule has 1 unspecified atom stereocenters. The summed E-state index contributed by atoms with van der Waals surface area (Å²) < 4.78 is 41.2. The summed E-state index contributed by atoms with van der Waals surface area (Å²) in [7, 11) is 0. The Morgan fingerprint density at radius 2 is 2.20 bits per heavy atom. The molecule has 25 heavy (non-hydrogen) atoms. The zero-order valence-corrected chi connectivity index (χ0v) is 13.9. The summed E-state index contributed by atoms with van der Waals surface area (Å²) in [4.78, 5) is 11.8. The lowest BCUT2D eigenvalue weighted by molar-refractivity contribution is -0.148. The maximum atomic E-state index is 13.2. The van der Waals surface area contributed by atoms with Gasteiger partial charge in [0.05, 0.1) is 22.2 Å². The lowest BCUT2D eigenvalue weighted by atomic mass is 9.79. The third kappa shape index (κ3) is 2.25. The highest BCUT2D eigenvalue weighted by molar-refractivity contribution is 8.01. The van der Waals surface area contributed by atoms with Crippen LogP contribution in [0.15, 0.2) is 18.2 Å². The number of nitriles is 1. The molecule has 0 aromatic heterocycles. The van der Waals surface area contributed by atoms with E-state index < -0.39 is 23.1 Å². The first-order valence-corrected chi connectivity index (χ1v) is 8.89. The lowest BCUT2D eigenvalue weighted by Crippen LogP contribution is -2.38. The molecule has 3 aliphatic rings. The molecule has 4 rings (SSSR count). The lowest BCUT2D eigenvalue weighted by Gasteiger charge is -2.30. The number of rotatable bonds is 2. The van der Waals surface area contributed by atoms with Crippen LogP contribution in [0, 0.1) is 28.6 Å². The van der Waals surface area contributed by atoms with E-state index in [1.54, 1.807) is 10.4 Å². The summed E-state index contributed by atoms with van der Waals surface area (Å²) in [5.74, 6) is -0.354. The van der Waals surface area contributed by atoms with Crippen LogP contribution in [0.4, 0.5) is 18.9 Å². The second-order valence-electron chi connectivity index (χ2n) is 7.02. The van der Waals surface area contributed by atoms with E-state index in [9.17, 15) is 28.3 Å². The number of carboxylic acid groups (broad SMARTS) is 1. The third-order valence-corrected chi connectivity index (χ3v) is 7.53. The number of alkyl halides is 3. The number of benzene rings is 1. The minimum atomic E-state index is -4.59. The molecule has 1 aromatic carbocycles. The van der Waals surface area contributed by atoms with Gasteiger partial charge >= 0.3 is 12.1 Å². The van der Waals surface area contributed by atoms with Gasteiger partial charge in [-0.3, -0.25) is 4.79 Å². The molecule has 0 radical (unpaired) electrons. The van der Waals surface area contributed by atoms with Crippen molar-refractivity contribution in [1.29, 1.82) is 5.26 Å². The fourth-order valence-electron chi connectivity index (χ4n) is 4.76. The third-order valence-electron chi connectivity index (χ3n) is 5.90. The molecule has 0 spiro atoms. The van der Waals surface area contributed by atoms with Gasteiger partial charge in [0.2, 0.25) is 0 Å². The van der Waals surface area contributed by atoms with Crippen LogP contribution in [-0.4, -0.2) is 22.9 Å². The molecule has 1 N–H and O–H groups in total. The van der Waals surface area contributed by atoms with Crippen LogP contribution >= 0.6 is 11.9 Å². The smallest absolute Gasteiger partial charge is 0.417 e. The molecule has 1 aromatic rings. The molecule has 3 fully saturated rings. The van der Waals surface area contributed by atoms with Crippen LogP contribution in [0.3, 0.4) is 0 Å². The molecule has 132 valence electrons. The maximum Gasteiger partial charge on any atom is 0.417 e. The van der Waals surface area contributed by atoms with E-state index >= 15 is 0 Å². The molecule has 0 amide bonds. The van der Waals surface area contributed by atoms with Crippen molar-refractivity contribution in [3.8, 4) is 6.07 Å². The monoisotopic (exact) mass is 368 g/mol. The van der Waals surface area contributed by atoms with Gasteiger partial charge in [0, 0.05) is 11.8 Å². The van der Waals surface area contributed by atoms with E-state index in [-0.39, 0.29) is 22.4 Å². The normalized spacial score (nSPS) is 33.4. The molecular weight excluding hydrogens is 353 g/mol. The quantitative estimate of drug-likeness (QED) is 0.802. The topological polar surface area (TPSA) is 64.3 Å². The Bertz CT molecular complexity index is 791. The minimum Gasteiger partial charge on any atom is -0.481 e. The van der Waals surface area contributed by atoms with Crippen LogP contribution in [-0.2, 0) is 11.0 Å². The van der Waals surface area contributed by atoms with Crippen molar-refractivity contribution >= 4 is 23.6 Å². The number of halogens is 3. The van der Waals surface area contributed by atoms with Gasteiger partial charge in [-0.05, 0) is 55.2 Å². The summed E-state index contributed by atoms with van der Waals surface area (Å²) in [6.07, 6.45) is -2.45. The molecule has 2 aliphatic carbocycles. The zero-order valence-electron chi connectivity index (χ0n) is 13.1. The first-order chi connectivity index (χ1) is 11.8. The number of fused-ring (bicyclic) bond motifs is 5. The minimum absolute atomic E-state index is 0.134. The Labute approximate surface area is 146 Å². The summed E-state index contributed by atoms with van der Waals surface area (Å²) in [6.45, 7) is 0.491. The van der Waals surface area contributed by atoms with Crippen molar-refractivity contribution in [2.24, 2.45) is 17.3 Å². The fraction of sp³-hybridized carbons (Fsp3) is 0.529. The van der Waals surface area contributed by atoms with Crippen molar-refractivity contribution in [2.75, 3.05) is 10.8 Å². The van der Waals surface area contributed by atoms with Gasteiger partial charge in [-0.15, -0.1) is 0 Å². The van der Waals surface area contributed by atoms with Crippen LogP contribution in [0.2, 0.25) is 0 Å². The number of carbonyl (C=O) groups is 1. The molecular formula is C17H15F3N2O2S.